The summed E-state index contributed by atoms with van der Waals surface area (Å²) >= 11 is 23.4. The molecule has 0 saturated carbocycles. The molecule has 0 saturated heterocycles. The van der Waals surface area contributed by atoms with E-state index >= 15 is 0 Å². The highest BCUT2D eigenvalue weighted by Gasteiger charge is 2.10. The first-order valence-electron chi connectivity index (χ1n) is 8.12. The number of ether oxygens (including phenoxy) is 3. The van der Waals surface area contributed by atoms with Gasteiger partial charge in [0.05, 0.1) is 29.5 Å². The van der Waals surface area contributed by atoms with Crippen molar-refractivity contribution in [2.45, 2.75) is 12.8 Å². The Hall–Kier alpha value is -1.11. The Morgan fingerprint density at radius 3 is 2.37 bits per heavy atom. The zero-order valence-corrected chi connectivity index (χ0v) is 17.7. The molecule has 1 aromatic carbocycles. The number of hydrogen-bond acceptors (Lipinski definition) is 5. The second-order valence-electron chi connectivity index (χ2n) is 5.02. The fourth-order valence-electron chi connectivity index (χ4n) is 1.75. The van der Waals surface area contributed by atoms with E-state index in [1.165, 1.54) is 6.08 Å². The molecule has 0 N–H and O–H groups in total. The summed E-state index contributed by atoms with van der Waals surface area (Å²) in [5.41, 5.74) is 0. The first-order valence-corrected chi connectivity index (χ1v) is 9.64. The summed E-state index contributed by atoms with van der Waals surface area (Å²) < 4.78 is 16.6. The van der Waals surface area contributed by atoms with Crippen molar-refractivity contribution in [3.8, 4) is 11.5 Å². The molecule has 0 unspecified atom stereocenters. The molecule has 27 heavy (non-hydrogen) atoms. The number of oxime groups is 1. The van der Waals surface area contributed by atoms with Crippen molar-refractivity contribution in [3.05, 3.63) is 45.4 Å². The van der Waals surface area contributed by atoms with Crippen LogP contribution >= 0.6 is 46.4 Å². The van der Waals surface area contributed by atoms with Crippen molar-refractivity contribution in [1.82, 2.24) is 0 Å². The first-order chi connectivity index (χ1) is 13.0. The van der Waals surface area contributed by atoms with Crippen molar-refractivity contribution in [3.63, 3.8) is 0 Å². The number of halogens is 4. The van der Waals surface area contributed by atoms with Gasteiger partial charge in [-0.2, -0.15) is 0 Å². The first kappa shape index (κ1) is 23.9. The van der Waals surface area contributed by atoms with Gasteiger partial charge in [-0.05, 0) is 18.9 Å². The minimum absolute atomic E-state index is 0.129. The molecule has 150 valence electrons. The van der Waals surface area contributed by atoms with Gasteiger partial charge >= 0.3 is 0 Å². The third-order valence-electron chi connectivity index (χ3n) is 2.92. The minimum atomic E-state index is 0.129. The Kier molecular flexibility index (Phi) is 13.2. The van der Waals surface area contributed by atoms with Gasteiger partial charge in [0.2, 0.25) is 0 Å². The highest BCUT2D eigenvalue weighted by Crippen LogP contribution is 2.37. The molecule has 5 nitrogen and oxygen atoms in total. The van der Waals surface area contributed by atoms with Gasteiger partial charge in [0.15, 0.2) is 5.75 Å². The summed E-state index contributed by atoms with van der Waals surface area (Å²) in [5.74, 6) is 0.916. The normalized spacial score (nSPS) is 10.7. The predicted octanol–water partition coefficient (Wildman–Crippen LogP) is 6.06. The van der Waals surface area contributed by atoms with Gasteiger partial charge in [0, 0.05) is 18.7 Å². The molecule has 0 heterocycles. The molecule has 1 rings (SSSR count). The second-order valence-corrected chi connectivity index (χ2v) is 6.85. The Bertz CT molecular complexity index is 611. The molecule has 0 radical (unpaired) electrons. The number of unbranched alkanes of at least 4 members (excludes halogenated alkanes) is 1. The molecule has 0 fully saturated rings. The lowest BCUT2D eigenvalue weighted by Gasteiger charge is -2.12. The van der Waals surface area contributed by atoms with Crippen LogP contribution in [0.4, 0.5) is 0 Å². The predicted molar refractivity (Wildman–Crippen MR) is 112 cm³/mol. The molecule has 0 aromatic heterocycles. The van der Waals surface area contributed by atoms with E-state index in [4.69, 9.17) is 65.5 Å². The SMILES string of the molecule is C=CCON=CCOCCCCOc1c(Cl)cc(OCC=C(Cl)Cl)cc1Cl. The smallest absolute Gasteiger partial charge is 0.156 e. The standard InChI is InChI=1S/C18H21Cl4NO4/c1-2-7-27-23-6-11-24-8-3-4-9-26-18-15(19)12-14(13-16(18)20)25-10-5-17(21)22/h2,5-6,12-13H,1,3-4,7-11H2. The lowest BCUT2D eigenvalue weighted by molar-refractivity contribution is 0.150. The van der Waals surface area contributed by atoms with Crippen LogP contribution in [0.1, 0.15) is 12.8 Å². The maximum Gasteiger partial charge on any atom is 0.156 e. The molecule has 0 atom stereocenters. The average molecular weight is 457 g/mol. The maximum atomic E-state index is 6.20. The van der Waals surface area contributed by atoms with Crippen molar-refractivity contribution in [1.29, 1.82) is 0 Å². The molecule has 0 aliphatic rings. The van der Waals surface area contributed by atoms with Gasteiger partial charge in [-0.15, -0.1) is 0 Å². The fourth-order valence-corrected chi connectivity index (χ4v) is 2.46. The van der Waals surface area contributed by atoms with Crippen LogP contribution < -0.4 is 9.47 Å². The minimum Gasteiger partial charge on any atom is -0.490 e. The van der Waals surface area contributed by atoms with Crippen LogP contribution in [0.25, 0.3) is 0 Å². The van der Waals surface area contributed by atoms with Crippen molar-refractivity contribution in [2.24, 2.45) is 5.16 Å². The largest absolute Gasteiger partial charge is 0.490 e. The van der Waals surface area contributed by atoms with Crippen molar-refractivity contribution < 1.29 is 19.0 Å². The summed E-state index contributed by atoms with van der Waals surface area (Å²) in [6, 6.07) is 3.24. The van der Waals surface area contributed by atoms with Gasteiger partial charge in [0.1, 0.15) is 23.5 Å². The molecule has 9 heteroatoms. The van der Waals surface area contributed by atoms with E-state index in [1.54, 1.807) is 24.4 Å². The average Bonchev–Trinajstić information content (AvgIpc) is 2.61. The van der Waals surface area contributed by atoms with E-state index < -0.39 is 0 Å². The van der Waals surface area contributed by atoms with Gasteiger partial charge in [-0.1, -0.05) is 64.2 Å². The molecule has 0 aliphatic carbocycles. The van der Waals surface area contributed by atoms with E-state index in [1.807, 2.05) is 0 Å². The van der Waals surface area contributed by atoms with Gasteiger partial charge < -0.3 is 19.0 Å². The van der Waals surface area contributed by atoms with E-state index in [-0.39, 0.29) is 11.1 Å². The number of rotatable bonds is 14. The highest BCUT2D eigenvalue weighted by molar-refractivity contribution is 6.55. The molecular formula is C18H21Cl4NO4. The molecular weight excluding hydrogens is 436 g/mol. The molecule has 0 spiro atoms. The fraction of sp³-hybridized carbons (Fsp3) is 0.389. The Morgan fingerprint density at radius 1 is 1.00 bits per heavy atom. The van der Waals surface area contributed by atoms with Crippen molar-refractivity contribution >= 4 is 52.6 Å². The topological polar surface area (TPSA) is 49.3 Å². The van der Waals surface area contributed by atoms with Crippen LogP contribution in [0.5, 0.6) is 11.5 Å². The molecule has 0 amide bonds. The molecule has 1 aromatic rings. The quantitative estimate of drug-likeness (QED) is 0.148. The van der Waals surface area contributed by atoms with E-state index in [0.29, 0.717) is 48.0 Å². The van der Waals surface area contributed by atoms with Crippen LogP contribution in [0, 0.1) is 0 Å². The van der Waals surface area contributed by atoms with Crippen molar-refractivity contribution in [2.75, 3.05) is 33.0 Å². The van der Waals surface area contributed by atoms with Crippen LogP contribution in [0.3, 0.4) is 0 Å². The molecule has 0 aliphatic heterocycles. The summed E-state index contributed by atoms with van der Waals surface area (Å²) in [6.07, 6.45) is 6.29. The third kappa shape index (κ3) is 11.4. The Morgan fingerprint density at radius 2 is 1.70 bits per heavy atom. The van der Waals surface area contributed by atoms with Crippen LogP contribution in [-0.2, 0) is 9.57 Å². The lowest BCUT2D eigenvalue weighted by Crippen LogP contribution is -2.03. The second kappa shape index (κ2) is 14.9. The van der Waals surface area contributed by atoms with Crippen LogP contribution in [0.15, 0.2) is 40.5 Å². The van der Waals surface area contributed by atoms with E-state index in [2.05, 4.69) is 11.7 Å². The third-order valence-corrected chi connectivity index (χ3v) is 3.79. The number of nitrogens with zero attached hydrogens (tertiary/aromatic N) is 1. The van der Waals surface area contributed by atoms with E-state index in [0.717, 1.165) is 12.8 Å². The van der Waals surface area contributed by atoms with Gasteiger partial charge in [-0.3, -0.25) is 0 Å². The van der Waals surface area contributed by atoms with Gasteiger partial charge in [-0.25, -0.2) is 0 Å². The summed E-state index contributed by atoms with van der Waals surface area (Å²) in [4.78, 5) is 4.84. The Labute approximate surface area is 179 Å². The monoisotopic (exact) mass is 455 g/mol. The highest BCUT2D eigenvalue weighted by atomic mass is 35.5. The van der Waals surface area contributed by atoms with Gasteiger partial charge in [0.25, 0.3) is 0 Å². The zero-order valence-electron chi connectivity index (χ0n) is 14.6. The van der Waals surface area contributed by atoms with E-state index in [9.17, 15) is 0 Å². The van der Waals surface area contributed by atoms with Crippen LogP contribution in [-0.4, -0.2) is 39.2 Å². The summed E-state index contributed by atoms with van der Waals surface area (Å²) in [6.45, 7) is 5.54. The summed E-state index contributed by atoms with van der Waals surface area (Å²) in [7, 11) is 0. The Balaban J connectivity index is 2.25. The zero-order chi connectivity index (χ0) is 19.9. The lowest BCUT2D eigenvalue weighted by atomic mass is 10.3. The number of benzene rings is 1. The molecule has 0 bridgehead atoms. The number of hydrogen-bond donors (Lipinski definition) is 0. The summed E-state index contributed by atoms with van der Waals surface area (Å²) in [5, 5.41) is 4.42. The maximum absolute atomic E-state index is 6.20. The van der Waals surface area contributed by atoms with Crippen LogP contribution in [0.2, 0.25) is 10.0 Å².